The molecule has 0 aromatic heterocycles. The summed E-state index contributed by atoms with van der Waals surface area (Å²) in [4.78, 5) is 0.0221. The summed E-state index contributed by atoms with van der Waals surface area (Å²) < 4.78 is 73.5. The molecule has 5 rings (SSSR count). The summed E-state index contributed by atoms with van der Waals surface area (Å²) in [6.45, 7) is 4.18. The van der Waals surface area contributed by atoms with E-state index in [0.29, 0.717) is 4.90 Å². The molecule has 0 aliphatic carbocycles. The van der Waals surface area contributed by atoms with Crippen molar-refractivity contribution in [2.75, 3.05) is 6.16 Å². The minimum Gasteiger partial charge on any atom is -0.744 e. The third-order valence-electron chi connectivity index (χ3n) is 7.12. The van der Waals surface area contributed by atoms with Gasteiger partial charge >= 0.3 is 88.7 Å². The molecule has 2 aliphatic heterocycles. The fourth-order valence-electron chi connectivity index (χ4n) is 5.25. The molecule has 0 amide bonds. The molecule has 0 saturated heterocycles. The molecular formula is C26H20Na3O9PS3. The van der Waals surface area contributed by atoms with E-state index in [1.807, 2.05) is 24.3 Å². The maximum absolute atomic E-state index is 11.5. The Balaban J connectivity index is 0.00000205. The van der Waals surface area contributed by atoms with Gasteiger partial charge in [0.1, 0.15) is 20.2 Å². The smallest absolute Gasteiger partial charge is 0.744 e. The summed E-state index contributed by atoms with van der Waals surface area (Å²) in [6.07, 6.45) is 0.779. The topological polar surface area (TPSA) is 156 Å². The largest absolute Gasteiger partial charge is 1.00 e. The van der Waals surface area contributed by atoms with Gasteiger partial charge in [-0.3, -0.25) is 5.04 Å². The SMILES string of the molecule is CC1=C(c2ccc(SOO[O-])cc2)P2CC1(C)C(c1ccc(S(=O)(=O)[O-])cc1)=C2c1ccc(S(=O)(=O)[O-])cc1.[Na+].[Na+].[Na+]. The van der Waals surface area contributed by atoms with Crippen LogP contribution in [0.1, 0.15) is 30.5 Å². The molecule has 0 radical (unpaired) electrons. The van der Waals surface area contributed by atoms with Crippen molar-refractivity contribution in [3.63, 3.8) is 0 Å². The second-order valence-corrected chi connectivity index (χ2v) is 14.9. The van der Waals surface area contributed by atoms with Crippen LogP contribution in [0.4, 0.5) is 0 Å². The van der Waals surface area contributed by atoms with E-state index in [1.165, 1.54) is 24.3 Å². The summed E-state index contributed by atoms with van der Waals surface area (Å²) in [6, 6.07) is 19.1. The minimum absolute atomic E-state index is 0. The number of rotatable bonds is 8. The van der Waals surface area contributed by atoms with Crippen molar-refractivity contribution >= 4 is 56.4 Å². The molecule has 2 heterocycles. The van der Waals surface area contributed by atoms with E-state index in [1.54, 1.807) is 24.3 Å². The minimum atomic E-state index is -4.62. The van der Waals surface area contributed by atoms with E-state index < -0.39 is 33.6 Å². The summed E-state index contributed by atoms with van der Waals surface area (Å²) in [5.41, 5.74) is 4.18. The molecule has 3 aromatic rings. The Hall–Kier alpha value is 0.620. The van der Waals surface area contributed by atoms with Gasteiger partial charge in [0.25, 0.3) is 0 Å². The maximum Gasteiger partial charge on any atom is 1.00 e. The Morgan fingerprint density at radius 1 is 0.738 bits per heavy atom. The van der Waals surface area contributed by atoms with Crippen LogP contribution in [0.2, 0.25) is 0 Å². The van der Waals surface area contributed by atoms with Gasteiger partial charge in [0.2, 0.25) is 0 Å². The zero-order valence-corrected chi connectivity index (χ0v) is 32.8. The Labute approximate surface area is 316 Å². The van der Waals surface area contributed by atoms with Gasteiger partial charge < -0.3 is 14.4 Å². The molecule has 0 saturated carbocycles. The van der Waals surface area contributed by atoms with Crippen molar-refractivity contribution in [3.05, 3.63) is 95.1 Å². The van der Waals surface area contributed by atoms with Gasteiger partial charge in [0.05, 0.1) is 21.8 Å². The van der Waals surface area contributed by atoms with E-state index in [-0.39, 0.29) is 98.5 Å². The predicted octanol–water partition coefficient (Wildman–Crippen LogP) is -4.45. The normalized spacial score (nSPS) is 19.7. The summed E-state index contributed by atoms with van der Waals surface area (Å²) in [5, 5.41) is 15.7. The fraction of sp³-hybridized carbons (Fsp3) is 0.154. The number of hydrogen-bond acceptors (Lipinski definition) is 10. The van der Waals surface area contributed by atoms with Gasteiger partial charge in [0.15, 0.2) is 0 Å². The van der Waals surface area contributed by atoms with Crippen LogP contribution in [0.25, 0.3) is 16.2 Å². The number of benzene rings is 3. The van der Waals surface area contributed by atoms with Crippen LogP contribution in [0.5, 0.6) is 0 Å². The molecule has 204 valence electrons. The average molecular weight is 673 g/mol. The van der Waals surface area contributed by atoms with E-state index in [9.17, 15) is 31.2 Å². The van der Waals surface area contributed by atoms with Crippen molar-refractivity contribution < 1.29 is 129 Å². The predicted molar refractivity (Wildman–Crippen MR) is 143 cm³/mol. The Kier molecular flexibility index (Phi) is 13.9. The molecule has 2 atom stereocenters. The van der Waals surface area contributed by atoms with Crippen LogP contribution < -0.4 is 93.9 Å². The van der Waals surface area contributed by atoms with Crippen molar-refractivity contribution in [1.82, 2.24) is 0 Å². The molecule has 2 aliphatic rings. The van der Waals surface area contributed by atoms with E-state index in [0.717, 1.165) is 56.7 Å². The fourth-order valence-corrected chi connectivity index (χ4v) is 10.3. The monoisotopic (exact) mass is 672 g/mol. The van der Waals surface area contributed by atoms with E-state index in [2.05, 4.69) is 23.2 Å². The van der Waals surface area contributed by atoms with Crippen LogP contribution in [0.3, 0.4) is 0 Å². The number of allylic oxidation sites excluding steroid dienone is 2. The zero-order chi connectivity index (χ0) is 28.2. The Morgan fingerprint density at radius 3 is 1.62 bits per heavy atom. The summed E-state index contributed by atoms with van der Waals surface area (Å²) >= 11 is 0.794. The summed E-state index contributed by atoms with van der Waals surface area (Å²) in [5.74, 6) is 0. The molecule has 2 unspecified atom stereocenters. The quantitative estimate of drug-likeness (QED) is 0.0572. The second-order valence-electron chi connectivity index (χ2n) is 9.32. The first-order valence-electron chi connectivity index (χ1n) is 11.4. The van der Waals surface area contributed by atoms with Gasteiger partial charge in [0, 0.05) is 10.3 Å². The van der Waals surface area contributed by atoms with Gasteiger partial charge in [-0.05, 0) is 90.3 Å². The number of hydrogen-bond donors (Lipinski definition) is 0. The van der Waals surface area contributed by atoms with Crippen molar-refractivity contribution in [2.24, 2.45) is 5.41 Å². The maximum atomic E-state index is 11.5. The van der Waals surface area contributed by atoms with Gasteiger partial charge in [-0.25, -0.2) is 16.8 Å². The molecule has 9 nitrogen and oxygen atoms in total. The van der Waals surface area contributed by atoms with Gasteiger partial charge in [-0.15, -0.1) is 0 Å². The first-order chi connectivity index (χ1) is 18.3. The number of fused-ring (bicyclic) bond motifs is 2. The van der Waals surface area contributed by atoms with Crippen LogP contribution >= 0.6 is 20.0 Å². The Bertz CT molecular complexity index is 1730. The third kappa shape index (κ3) is 7.60. The van der Waals surface area contributed by atoms with Gasteiger partial charge in [-0.1, -0.05) is 48.9 Å². The summed E-state index contributed by atoms with van der Waals surface area (Å²) in [7, 11) is -10.2. The van der Waals surface area contributed by atoms with Crippen molar-refractivity contribution in [2.45, 2.75) is 28.5 Å². The molecule has 42 heavy (non-hydrogen) atoms. The van der Waals surface area contributed by atoms with E-state index >= 15 is 0 Å². The first-order valence-corrected chi connectivity index (χ1v) is 16.5. The average Bonchev–Trinajstić information content (AvgIpc) is 3.34. The van der Waals surface area contributed by atoms with Crippen LogP contribution in [0.15, 0.2) is 93.1 Å². The van der Waals surface area contributed by atoms with Crippen LogP contribution in [-0.4, -0.2) is 32.1 Å². The third-order valence-corrected chi connectivity index (χ3v) is 12.5. The Morgan fingerprint density at radius 2 is 1.17 bits per heavy atom. The molecule has 0 spiro atoms. The standard InChI is InChI=1S/C26H23O9PS3.3Na/c1-16-24(18-3-9-20(10-4-18)37-35-34-27)36-15-26(16,2)23(17-5-11-21(12-6-17)38(28,29)30)25(36)19-7-13-22(14-8-19)39(31,32)33;;;/h3-14,27H,15H2,1-2H3,(H,28,29,30)(H,31,32,33);;;/q;3*+1/p-3. The van der Waals surface area contributed by atoms with Gasteiger partial charge in [-0.2, -0.15) is 4.33 Å². The van der Waals surface area contributed by atoms with Crippen LogP contribution in [-0.2, 0) is 29.6 Å². The zero-order valence-electron chi connectivity index (χ0n) is 23.5. The van der Waals surface area contributed by atoms with E-state index in [4.69, 9.17) is 0 Å². The molecule has 2 bridgehead atoms. The molecule has 3 aromatic carbocycles. The molecular weight excluding hydrogens is 652 g/mol. The van der Waals surface area contributed by atoms with Crippen molar-refractivity contribution in [1.29, 1.82) is 0 Å². The first kappa shape index (κ1) is 38.8. The molecule has 0 fully saturated rings. The molecule has 0 N–H and O–H groups in total. The van der Waals surface area contributed by atoms with Crippen molar-refractivity contribution in [3.8, 4) is 0 Å². The second kappa shape index (κ2) is 15.0. The molecule has 16 heteroatoms. The van der Waals surface area contributed by atoms with Crippen LogP contribution in [0, 0.1) is 5.41 Å².